The van der Waals surface area contributed by atoms with Crippen molar-refractivity contribution in [3.8, 4) is 0 Å². The molecule has 2 atom stereocenters. The van der Waals surface area contributed by atoms with Gasteiger partial charge in [0.15, 0.2) is 0 Å². The number of halogens is 1. The van der Waals surface area contributed by atoms with E-state index in [-0.39, 0.29) is 16.9 Å². The summed E-state index contributed by atoms with van der Waals surface area (Å²) in [6, 6.07) is 3.98. The quantitative estimate of drug-likeness (QED) is 0.894. The topological polar surface area (TPSA) is 46.2 Å². The molecule has 102 valence electrons. The predicted octanol–water partition coefficient (Wildman–Crippen LogP) is 3.46. The molecule has 1 saturated carbocycles. The Hall–Kier alpha value is -0.0900. The van der Waals surface area contributed by atoms with Gasteiger partial charge in [-0.15, -0.1) is 11.3 Å². The number of nitrogens with two attached hydrogens (primary N) is 1. The van der Waals surface area contributed by atoms with Crippen LogP contribution in [0.1, 0.15) is 38.0 Å². The lowest BCUT2D eigenvalue weighted by Crippen LogP contribution is -2.53. The van der Waals surface area contributed by atoms with Crippen molar-refractivity contribution in [2.24, 2.45) is 16.6 Å². The first-order valence-electron chi connectivity index (χ1n) is 6.52. The molecule has 0 amide bonds. The molecule has 2 nitrogen and oxygen atoms in total. The fourth-order valence-electron chi connectivity index (χ4n) is 3.26. The van der Waals surface area contributed by atoms with Crippen molar-refractivity contribution < 1.29 is 5.11 Å². The van der Waals surface area contributed by atoms with Gasteiger partial charge in [0, 0.05) is 16.8 Å². The Morgan fingerprint density at radius 2 is 2.17 bits per heavy atom. The summed E-state index contributed by atoms with van der Waals surface area (Å²) < 4.78 is 0.807. The lowest BCUT2D eigenvalue weighted by molar-refractivity contribution is -0.0881. The largest absolute Gasteiger partial charge is 0.392 e. The van der Waals surface area contributed by atoms with E-state index in [2.05, 4.69) is 19.9 Å². The SMILES string of the molecule is CC1(C)CCCC(CN)(Cc2ccc(Cl)s2)C1O. The van der Waals surface area contributed by atoms with Gasteiger partial charge in [-0.05, 0) is 36.8 Å². The molecule has 2 unspecified atom stereocenters. The number of aliphatic hydroxyl groups excluding tert-OH is 1. The van der Waals surface area contributed by atoms with Crippen LogP contribution in [0.25, 0.3) is 0 Å². The minimum absolute atomic E-state index is 0.0430. The molecule has 0 spiro atoms. The van der Waals surface area contributed by atoms with Crippen LogP contribution in [0.4, 0.5) is 0 Å². The van der Waals surface area contributed by atoms with Gasteiger partial charge in [0.05, 0.1) is 10.4 Å². The second kappa shape index (κ2) is 5.12. The van der Waals surface area contributed by atoms with Crippen LogP contribution in [0, 0.1) is 10.8 Å². The van der Waals surface area contributed by atoms with Crippen molar-refractivity contribution in [1.82, 2.24) is 0 Å². The summed E-state index contributed by atoms with van der Waals surface area (Å²) in [6.07, 6.45) is 3.71. The molecular weight excluding hydrogens is 266 g/mol. The van der Waals surface area contributed by atoms with Crippen LogP contribution >= 0.6 is 22.9 Å². The van der Waals surface area contributed by atoms with E-state index in [0.29, 0.717) is 6.54 Å². The van der Waals surface area contributed by atoms with Crippen molar-refractivity contribution >= 4 is 22.9 Å². The van der Waals surface area contributed by atoms with E-state index in [9.17, 15) is 5.11 Å². The molecule has 1 aliphatic carbocycles. The maximum absolute atomic E-state index is 10.7. The first kappa shape index (κ1) is 14.3. The van der Waals surface area contributed by atoms with Crippen LogP contribution < -0.4 is 5.73 Å². The molecule has 18 heavy (non-hydrogen) atoms. The lowest BCUT2D eigenvalue weighted by Gasteiger charge is -2.49. The smallest absolute Gasteiger partial charge is 0.0931 e. The van der Waals surface area contributed by atoms with E-state index in [0.717, 1.165) is 30.0 Å². The van der Waals surface area contributed by atoms with Gasteiger partial charge < -0.3 is 10.8 Å². The summed E-state index contributed by atoms with van der Waals surface area (Å²) >= 11 is 7.58. The normalized spacial score (nSPS) is 31.5. The molecule has 0 saturated heterocycles. The summed E-state index contributed by atoms with van der Waals surface area (Å²) in [6.45, 7) is 4.82. The van der Waals surface area contributed by atoms with E-state index < -0.39 is 0 Å². The van der Waals surface area contributed by atoms with Crippen LogP contribution in [0.3, 0.4) is 0 Å². The van der Waals surface area contributed by atoms with Gasteiger partial charge in [0.25, 0.3) is 0 Å². The van der Waals surface area contributed by atoms with Crippen molar-refractivity contribution in [3.63, 3.8) is 0 Å². The Bertz CT molecular complexity index is 418. The van der Waals surface area contributed by atoms with Gasteiger partial charge in [0.1, 0.15) is 0 Å². The Balaban J connectivity index is 2.24. The fraction of sp³-hybridized carbons (Fsp3) is 0.714. The average Bonchev–Trinajstić information content (AvgIpc) is 2.71. The van der Waals surface area contributed by atoms with Crippen LogP contribution in [-0.4, -0.2) is 17.8 Å². The summed E-state index contributed by atoms with van der Waals surface area (Å²) in [5.74, 6) is 0. The summed E-state index contributed by atoms with van der Waals surface area (Å²) in [4.78, 5) is 1.22. The van der Waals surface area contributed by atoms with Crippen LogP contribution in [0.2, 0.25) is 4.34 Å². The van der Waals surface area contributed by atoms with Crippen LogP contribution in [0.5, 0.6) is 0 Å². The Kier molecular flexibility index (Phi) is 4.07. The van der Waals surface area contributed by atoms with E-state index in [1.165, 1.54) is 4.88 Å². The molecule has 1 fully saturated rings. The van der Waals surface area contributed by atoms with Crippen molar-refractivity contribution in [3.05, 3.63) is 21.3 Å². The van der Waals surface area contributed by atoms with Gasteiger partial charge in [-0.25, -0.2) is 0 Å². The molecular formula is C14H22ClNOS. The zero-order valence-corrected chi connectivity index (χ0v) is 12.7. The zero-order chi connectivity index (χ0) is 13.4. The standard InChI is InChI=1S/C14H22ClNOS/c1-13(2)6-3-7-14(9-16,12(13)17)8-10-4-5-11(15)18-10/h4-5,12,17H,3,6-9,16H2,1-2H3. The van der Waals surface area contributed by atoms with Crippen molar-refractivity contribution in [2.75, 3.05) is 6.54 Å². The molecule has 0 aliphatic heterocycles. The Morgan fingerprint density at radius 3 is 2.72 bits per heavy atom. The first-order chi connectivity index (χ1) is 8.39. The predicted molar refractivity (Wildman–Crippen MR) is 78.2 cm³/mol. The van der Waals surface area contributed by atoms with Gasteiger partial charge in [-0.3, -0.25) is 0 Å². The summed E-state index contributed by atoms with van der Waals surface area (Å²) in [5, 5.41) is 10.7. The molecule has 1 aromatic rings. The second-order valence-electron chi connectivity index (χ2n) is 6.19. The maximum atomic E-state index is 10.7. The highest BCUT2D eigenvalue weighted by Gasteiger charge is 2.47. The number of aliphatic hydroxyl groups is 1. The molecule has 0 radical (unpaired) electrons. The minimum atomic E-state index is -0.343. The number of hydrogen-bond acceptors (Lipinski definition) is 3. The lowest BCUT2D eigenvalue weighted by atomic mass is 9.59. The molecule has 1 aliphatic rings. The molecule has 2 rings (SSSR count). The Labute approximate surface area is 118 Å². The van der Waals surface area contributed by atoms with E-state index in [1.807, 2.05) is 6.07 Å². The molecule has 4 heteroatoms. The molecule has 0 aromatic carbocycles. The van der Waals surface area contributed by atoms with Gasteiger partial charge >= 0.3 is 0 Å². The molecule has 0 bridgehead atoms. The highest BCUT2D eigenvalue weighted by atomic mass is 35.5. The van der Waals surface area contributed by atoms with Crippen LogP contribution in [-0.2, 0) is 6.42 Å². The molecule has 1 aromatic heterocycles. The number of rotatable bonds is 3. The monoisotopic (exact) mass is 287 g/mol. The highest BCUT2D eigenvalue weighted by Crippen LogP contribution is 2.48. The molecule has 1 heterocycles. The second-order valence-corrected chi connectivity index (χ2v) is 7.99. The number of hydrogen-bond donors (Lipinski definition) is 2. The average molecular weight is 288 g/mol. The maximum Gasteiger partial charge on any atom is 0.0931 e. The van der Waals surface area contributed by atoms with Crippen LogP contribution in [0.15, 0.2) is 12.1 Å². The molecule has 3 N–H and O–H groups in total. The fourth-order valence-corrected chi connectivity index (χ4v) is 4.51. The number of thiophene rings is 1. The van der Waals surface area contributed by atoms with Crippen molar-refractivity contribution in [1.29, 1.82) is 0 Å². The Morgan fingerprint density at radius 1 is 1.44 bits per heavy atom. The van der Waals surface area contributed by atoms with E-state index in [4.69, 9.17) is 17.3 Å². The highest BCUT2D eigenvalue weighted by molar-refractivity contribution is 7.16. The minimum Gasteiger partial charge on any atom is -0.392 e. The van der Waals surface area contributed by atoms with Gasteiger partial charge in [-0.1, -0.05) is 31.9 Å². The summed E-state index contributed by atoms with van der Waals surface area (Å²) in [5.41, 5.74) is 5.79. The van der Waals surface area contributed by atoms with Gasteiger partial charge in [0.2, 0.25) is 0 Å². The first-order valence-corrected chi connectivity index (χ1v) is 7.71. The van der Waals surface area contributed by atoms with E-state index in [1.54, 1.807) is 11.3 Å². The summed E-state index contributed by atoms with van der Waals surface area (Å²) in [7, 11) is 0. The van der Waals surface area contributed by atoms with Gasteiger partial charge in [-0.2, -0.15) is 0 Å². The third kappa shape index (κ3) is 2.60. The van der Waals surface area contributed by atoms with E-state index >= 15 is 0 Å². The van der Waals surface area contributed by atoms with Crippen molar-refractivity contribution in [2.45, 2.75) is 45.6 Å². The third-order valence-electron chi connectivity index (χ3n) is 4.38. The zero-order valence-electron chi connectivity index (χ0n) is 11.1. The third-order valence-corrected chi connectivity index (χ3v) is 5.61.